The molecule has 2 amide bonds. The van der Waals surface area contributed by atoms with Crippen LogP contribution >= 0.6 is 0 Å². The van der Waals surface area contributed by atoms with Gasteiger partial charge in [-0.1, -0.05) is 33.6 Å². The van der Waals surface area contributed by atoms with Gasteiger partial charge in [0, 0.05) is 0 Å². The number of amides is 2. The summed E-state index contributed by atoms with van der Waals surface area (Å²) in [6.45, 7) is 7.06. The van der Waals surface area contributed by atoms with Gasteiger partial charge in [0.2, 0.25) is 0 Å². The molecule has 0 saturated carbocycles. The highest BCUT2D eigenvalue weighted by Gasteiger charge is 2.32. The van der Waals surface area contributed by atoms with Gasteiger partial charge in [0.15, 0.2) is 0 Å². The van der Waals surface area contributed by atoms with Crippen LogP contribution in [0.15, 0.2) is 0 Å². The molecule has 5 heteroatoms. The maximum atomic E-state index is 11.6. The summed E-state index contributed by atoms with van der Waals surface area (Å²) in [6, 6.07) is -1.90. The molecule has 0 aliphatic heterocycles. The van der Waals surface area contributed by atoms with Gasteiger partial charge in [-0.15, -0.1) is 6.42 Å². The SMILES string of the molecule is C#CC(CC)NC(=O)NC(C(=O)O)C(C)(C)C. The zero-order chi connectivity index (χ0) is 13.6. The van der Waals surface area contributed by atoms with Gasteiger partial charge in [0.25, 0.3) is 0 Å². The van der Waals surface area contributed by atoms with Crippen LogP contribution in [0.2, 0.25) is 0 Å². The summed E-state index contributed by atoms with van der Waals surface area (Å²) in [7, 11) is 0. The second kappa shape index (κ2) is 6.14. The zero-order valence-electron chi connectivity index (χ0n) is 10.7. The minimum absolute atomic E-state index is 0.385. The number of rotatable bonds is 4. The molecule has 0 aromatic heterocycles. The van der Waals surface area contributed by atoms with E-state index in [1.54, 1.807) is 20.8 Å². The van der Waals surface area contributed by atoms with Crippen LogP contribution in [0, 0.1) is 17.8 Å². The van der Waals surface area contributed by atoms with Crippen molar-refractivity contribution in [3.05, 3.63) is 0 Å². The Hall–Kier alpha value is -1.70. The molecule has 2 atom stereocenters. The topological polar surface area (TPSA) is 78.4 Å². The number of carboxylic acid groups (broad SMARTS) is 1. The molecule has 0 aromatic carbocycles. The monoisotopic (exact) mass is 240 g/mol. The van der Waals surface area contributed by atoms with Crippen LogP contribution in [0.4, 0.5) is 4.79 Å². The van der Waals surface area contributed by atoms with E-state index in [0.717, 1.165) is 0 Å². The number of terminal acetylenes is 1. The van der Waals surface area contributed by atoms with Crippen molar-refractivity contribution in [3.8, 4) is 12.3 Å². The molecular formula is C12H20N2O3. The largest absolute Gasteiger partial charge is 0.480 e. The maximum Gasteiger partial charge on any atom is 0.326 e. The highest BCUT2D eigenvalue weighted by Crippen LogP contribution is 2.19. The molecule has 0 spiro atoms. The smallest absolute Gasteiger partial charge is 0.326 e. The van der Waals surface area contributed by atoms with Gasteiger partial charge in [0.05, 0.1) is 6.04 Å². The number of nitrogens with one attached hydrogen (secondary N) is 2. The van der Waals surface area contributed by atoms with E-state index < -0.39 is 23.5 Å². The molecule has 96 valence electrons. The van der Waals surface area contributed by atoms with Crippen LogP contribution in [-0.4, -0.2) is 29.2 Å². The first-order chi connectivity index (χ1) is 7.72. The molecule has 0 aliphatic carbocycles. The van der Waals surface area contributed by atoms with Crippen LogP contribution in [0.3, 0.4) is 0 Å². The number of carbonyl (C=O) groups is 2. The van der Waals surface area contributed by atoms with Crippen molar-refractivity contribution in [1.29, 1.82) is 0 Å². The maximum absolute atomic E-state index is 11.6. The van der Waals surface area contributed by atoms with Crippen molar-refractivity contribution in [2.75, 3.05) is 0 Å². The Kier molecular flexibility index (Phi) is 5.52. The normalized spacial score (nSPS) is 14.3. The van der Waals surface area contributed by atoms with Crippen LogP contribution in [-0.2, 0) is 4.79 Å². The average molecular weight is 240 g/mol. The van der Waals surface area contributed by atoms with Gasteiger partial charge in [-0.2, -0.15) is 0 Å². The summed E-state index contributed by atoms with van der Waals surface area (Å²) in [5.41, 5.74) is -0.568. The molecule has 2 unspecified atom stereocenters. The fourth-order valence-electron chi connectivity index (χ4n) is 1.24. The molecule has 0 fully saturated rings. The summed E-state index contributed by atoms with van der Waals surface area (Å²) < 4.78 is 0. The lowest BCUT2D eigenvalue weighted by Crippen LogP contribution is -2.53. The minimum atomic E-state index is -1.07. The molecule has 0 saturated heterocycles. The molecule has 3 N–H and O–H groups in total. The predicted molar refractivity (Wildman–Crippen MR) is 65.5 cm³/mol. The van der Waals surface area contributed by atoms with Gasteiger partial charge in [0.1, 0.15) is 6.04 Å². The van der Waals surface area contributed by atoms with Crippen LogP contribution in [0.5, 0.6) is 0 Å². The third-order valence-corrected chi connectivity index (χ3v) is 2.30. The quantitative estimate of drug-likeness (QED) is 0.646. The summed E-state index contributed by atoms with van der Waals surface area (Å²) in [4.78, 5) is 22.6. The average Bonchev–Trinajstić information content (AvgIpc) is 2.20. The minimum Gasteiger partial charge on any atom is -0.480 e. The van der Waals surface area contributed by atoms with Crippen molar-refractivity contribution in [2.24, 2.45) is 5.41 Å². The van der Waals surface area contributed by atoms with Gasteiger partial charge in [-0.3, -0.25) is 0 Å². The summed E-state index contributed by atoms with van der Waals surface area (Å²) in [5.74, 6) is 1.34. The van der Waals surface area contributed by atoms with E-state index >= 15 is 0 Å². The molecule has 5 nitrogen and oxygen atoms in total. The van der Waals surface area contributed by atoms with E-state index in [1.165, 1.54) is 0 Å². The van der Waals surface area contributed by atoms with Crippen molar-refractivity contribution in [3.63, 3.8) is 0 Å². The zero-order valence-corrected chi connectivity index (χ0v) is 10.7. The number of carboxylic acids is 1. The number of hydrogen-bond donors (Lipinski definition) is 3. The third-order valence-electron chi connectivity index (χ3n) is 2.30. The second-order valence-electron chi connectivity index (χ2n) is 4.88. The lowest BCUT2D eigenvalue weighted by atomic mass is 9.87. The van der Waals surface area contributed by atoms with E-state index in [4.69, 9.17) is 11.5 Å². The summed E-state index contributed by atoms with van der Waals surface area (Å²) in [6.07, 6.45) is 5.79. The van der Waals surface area contributed by atoms with Gasteiger partial charge in [-0.25, -0.2) is 9.59 Å². The number of hydrogen-bond acceptors (Lipinski definition) is 2. The highest BCUT2D eigenvalue weighted by atomic mass is 16.4. The Bertz CT molecular complexity index is 326. The first kappa shape index (κ1) is 15.3. The van der Waals surface area contributed by atoms with E-state index in [0.29, 0.717) is 6.42 Å². The molecule has 0 heterocycles. The summed E-state index contributed by atoms with van der Waals surface area (Å²) in [5, 5.41) is 14.0. The highest BCUT2D eigenvalue weighted by molar-refractivity contribution is 5.83. The van der Waals surface area contributed by atoms with E-state index in [-0.39, 0.29) is 6.04 Å². The Balaban J connectivity index is 4.54. The third kappa shape index (κ3) is 5.25. The first-order valence-corrected chi connectivity index (χ1v) is 5.48. The molecule has 17 heavy (non-hydrogen) atoms. The number of aliphatic carboxylic acids is 1. The summed E-state index contributed by atoms with van der Waals surface area (Å²) >= 11 is 0. The van der Waals surface area contributed by atoms with E-state index in [1.807, 2.05) is 6.92 Å². The lowest BCUT2D eigenvalue weighted by molar-refractivity contribution is -0.141. The Morgan fingerprint density at radius 3 is 2.18 bits per heavy atom. The van der Waals surface area contributed by atoms with Gasteiger partial charge in [-0.05, 0) is 11.8 Å². The Labute approximate surface area is 102 Å². The van der Waals surface area contributed by atoms with Crippen LogP contribution < -0.4 is 10.6 Å². The number of urea groups is 1. The lowest BCUT2D eigenvalue weighted by Gasteiger charge is -2.28. The number of carbonyl (C=O) groups excluding carboxylic acids is 1. The van der Waals surface area contributed by atoms with E-state index in [2.05, 4.69) is 16.6 Å². The van der Waals surface area contributed by atoms with Gasteiger partial charge < -0.3 is 15.7 Å². The molecule has 0 radical (unpaired) electrons. The van der Waals surface area contributed by atoms with Crippen LogP contribution in [0.1, 0.15) is 34.1 Å². The fourth-order valence-corrected chi connectivity index (χ4v) is 1.24. The van der Waals surface area contributed by atoms with Crippen molar-refractivity contribution < 1.29 is 14.7 Å². The second-order valence-corrected chi connectivity index (χ2v) is 4.88. The first-order valence-electron chi connectivity index (χ1n) is 5.48. The van der Waals surface area contributed by atoms with Crippen molar-refractivity contribution in [2.45, 2.75) is 46.2 Å². The molecular weight excluding hydrogens is 220 g/mol. The predicted octanol–water partition coefficient (Wildman–Crippen LogP) is 1.20. The molecule has 0 bridgehead atoms. The Morgan fingerprint density at radius 1 is 1.35 bits per heavy atom. The Morgan fingerprint density at radius 2 is 1.88 bits per heavy atom. The molecule has 0 rings (SSSR count). The van der Waals surface area contributed by atoms with Crippen molar-refractivity contribution in [1.82, 2.24) is 10.6 Å². The van der Waals surface area contributed by atoms with Crippen LogP contribution in [0.25, 0.3) is 0 Å². The molecule has 0 aromatic rings. The fraction of sp³-hybridized carbons (Fsp3) is 0.667. The standard InChI is InChI=1S/C12H20N2O3/c1-6-8(7-2)13-11(17)14-9(10(15)16)12(3,4)5/h1,8-9H,7H2,2-5H3,(H,15,16)(H2,13,14,17). The van der Waals surface area contributed by atoms with Gasteiger partial charge >= 0.3 is 12.0 Å². The van der Waals surface area contributed by atoms with Crippen molar-refractivity contribution >= 4 is 12.0 Å². The molecule has 0 aliphatic rings. The van der Waals surface area contributed by atoms with E-state index in [9.17, 15) is 9.59 Å².